The number of nitrogens with zero attached hydrogens (tertiary/aromatic N) is 3. The van der Waals surface area contributed by atoms with Gasteiger partial charge in [-0.2, -0.15) is 0 Å². The first-order chi connectivity index (χ1) is 12.6. The zero-order chi connectivity index (χ0) is 18.5. The Labute approximate surface area is 161 Å². The number of aromatic nitrogens is 3. The molecule has 1 saturated carbocycles. The number of hydrogen-bond donors (Lipinski definition) is 2. The smallest absolute Gasteiger partial charge is 0.321 e. The van der Waals surface area contributed by atoms with Gasteiger partial charge in [0.2, 0.25) is 5.91 Å². The first-order valence-electron chi connectivity index (χ1n) is 8.76. The van der Waals surface area contributed by atoms with E-state index in [2.05, 4.69) is 36.8 Å². The molecule has 0 bridgehead atoms. The van der Waals surface area contributed by atoms with Crippen LogP contribution in [0.4, 0.5) is 4.79 Å². The summed E-state index contributed by atoms with van der Waals surface area (Å²) in [4.78, 5) is 25.0. The third kappa shape index (κ3) is 5.07. The van der Waals surface area contributed by atoms with E-state index in [4.69, 9.17) is 0 Å². The fraction of sp³-hybridized carbons (Fsp3) is 0.529. The number of urea groups is 1. The van der Waals surface area contributed by atoms with Crippen molar-refractivity contribution in [1.29, 1.82) is 0 Å². The zero-order valence-electron chi connectivity index (χ0n) is 14.9. The average molecular weight is 394 g/mol. The molecule has 0 spiro atoms. The predicted molar refractivity (Wildman–Crippen MR) is 103 cm³/mol. The molecular formula is C17H23N5O2S2. The van der Waals surface area contributed by atoms with Gasteiger partial charge in [0.15, 0.2) is 5.16 Å². The van der Waals surface area contributed by atoms with Crippen LogP contribution < -0.4 is 10.6 Å². The summed E-state index contributed by atoms with van der Waals surface area (Å²) in [5.74, 6) is 0.742. The maximum absolute atomic E-state index is 12.0. The van der Waals surface area contributed by atoms with Crippen LogP contribution in [0.1, 0.15) is 49.9 Å². The van der Waals surface area contributed by atoms with E-state index in [0.29, 0.717) is 6.04 Å². The summed E-state index contributed by atoms with van der Waals surface area (Å²) in [6.07, 6.45) is 3.80. The van der Waals surface area contributed by atoms with Gasteiger partial charge in [0.05, 0.1) is 5.75 Å². The number of amides is 3. The van der Waals surface area contributed by atoms with Crippen molar-refractivity contribution in [2.45, 2.75) is 56.8 Å². The topological polar surface area (TPSA) is 88.9 Å². The molecule has 2 N–H and O–H groups in total. The van der Waals surface area contributed by atoms with E-state index >= 15 is 0 Å². The van der Waals surface area contributed by atoms with E-state index in [0.717, 1.165) is 36.7 Å². The van der Waals surface area contributed by atoms with Gasteiger partial charge in [0, 0.05) is 23.4 Å². The second-order valence-electron chi connectivity index (χ2n) is 6.38. The Kier molecular flexibility index (Phi) is 6.31. The zero-order valence-corrected chi connectivity index (χ0v) is 16.5. The predicted octanol–water partition coefficient (Wildman–Crippen LogP) is 2.98. The number of thioether (sulfide) groups is 1. The van der Waals surface area contributed by atoms with Crippen LogP contribution in [0.15, 0.2) is 22.7 Å². The fourth-order valence-electron chi connectivity index (χ4n) is 2.45. The highest BCUT2D eigenvalue weighted by molar-refractivity contribution is 7.99. The van der Waals surface area contributed by atoms with Gasteiger partial charge in [-0.25, -0.2) is 4.79 Å². The lowest BCUT2D eigenvalue weighted by Crippen LogP contribution is -2.43. The maximum atomic E-state index is 12.0. The van der Waals surface area contributed by atoms with E-state index in [1.165, 1.54) is 16.6 Å². The van der Waals surface area contributed by atoms with Crippen molar-refractivity contribution in [2.24, 2.45) is 0 Å². The van der Waals surface area contributed by atoms with Crippen LogP contribution in [0.25, 0.3) is 0 Å². The van der Waals surface area contributed by atoms with Gasteiger partial charge < -0.3 is 9.88 Å². The molecular weight excluding hydrogens is 370 g/mol. The Morgan fingerprint density at radius 2 is 2.23 bits per heavy atom. The van der Waals surface area contributed by atoms with Crippen molar-refractivity contribution < 1.29 is 9.59 Å². The first kappa shape index (κ1) is 18.9. The summed E-state index contributed by atoms with van der Waals surface area (Å²) in [6, 6.07) is 4.13. The molecule has 140 valence electrons. The Morgan fingerprint density at radius 1 is 1.42 bits per heavy atom. The largest absolute Gasteiger partial charge is 0.335 e. The quantitative estimate of drug-likeness (QED) is 0.673. The molecule has 0 unspecified atom stereocenters. The van der Waals surface area contributed by atoms with E-state index < -0.39 is 6.03 Å². The minimum absolute atomic E-state index is 0.0354. The Balaban J connectivity index is 1.57. The molecule has 0 saturated heterocycles. The number of nitrogens with one attached hydrogen (secondary N) is 2. The Morgan fingerprint density at radius 3 is 2.88 bits per heavy atom. The summed E-state index contributed by atoms with van der Waals surface area (Å²) in [7, 11) is 0. The van der Waals surface area contributed by atoms with Gasteiger partial charge in [-0.1, -0.05) is 24.8 Å². The number of rotatable bonds is 8. The number of thiophene rings is 1. The molecule has 0 radical (unpaired) electrons. The normalized spacial score (nSPS) is 14.8. The van der Waals surface area contributed by atoms with Gasteiger partial charge in [-0.3, -0.25) is 10.1 Å². The molecule has 2 aromatic rings. The highest BCUT2D eigenvalue weighted by Crippen LogP contribution is 2.39. The van der Waals surface area contributed by atoms with Gasteiger partial charge >= 0.3 is 6.03 Å². The molecule has 1 aliphatic carbocycles. The van der Waals surface area contributed by atoms with Crippen LogP contribution >= 0.6 is 23.1 Å². The van der Waals surface area contributed by atoms with Crippen molar-refractivity contribution in [1.82, 2.24) is 25.4 Å². The van der Waals surface area contributed by atoms with Gasteiger partial charge in [-0.05, 0) is 37.6 Å². The summed E-state index contributed by atoms with van der Waals surface area (Å²) < 4.78 is 2.15. The highest BCUT2D eigenvalue weighted by Gasteiger charge is 2.30. The van der Waals surface area contributed by atoms with E-state index in [1.807, 2.05) is 19.9 Å². The number of carbonyl (C=O) groups excluding carboxylic acids is 2. The van der Waals surface area contributed by atoms with Gasteiger partial charge in [0.1, 0.15) is 5.82 Å². The van der Waals surface area contributed by atoms with Crippen LogP contribution in [0.5, 0.6) is 0 Å². The van der Waals surface area contributed by atoms with Crippen LogP contribution in [0, 0.1) is 0 Å². The summed E-state index contributed by atoms with van der Waals surface area (Å²) in [6.45, 7) is 3.87. The molecule has 0 aliphatic heterocycles. The average Bonchev–Trinajstić information content (AvgIpc) is 3.16. The van der Waals surface area contributed by atoms with Crippen molar-refractivity contribution in [3.8, 4) is 0 Å². The molecule has 26 heavy (non-hydrogen) atoms. The van der Waals surface area contributed by atoms with Gasteiger partial charge in [-0.15, -0.1) is 21.5 Å². The van der Waals surface area contributed by atoms with Crippen LogP contribution in [0.3, 0.4) is 0 Å². The third-order valence-electron chi connectivity index (χ3n) is 4.13. The number of hydrogen-bond acceptors (Lipinski definition) is 6. The summed E-state index contributed by atoms with van der Waals surface area (Å²) in [5.41, 5.74) is 0. The summed E-state index contributed by atoms with van der Waals surface area (Å²) >= 11 is 3.03. The van der Waals surface area contributed by atoms with Gasteiger partial charge in [0.25, 0.3) is 0 Å². The minimum atomic E-state index is -0.452. The Hall–Kier alpha value is -1.87. The lowest BCUT2D eigenvalue weighted by atomic mass is 10.3. The van der Waals surface area contributed by atoms with Crippen molar-refractivity contribution >= 4 is 35.0 Å². The van der Waals surface area contributed by atoms with Crippen molar-refractivity contribution in [3.63, 3.8) is 0 Å². The highest BCUT2D eigenvalue weighted by atomic mass is 32.2. The molecule has 2 aromatic heterocycles. The molecule has 3 rings (SSSR count). The van der Waals surface area contributed by atoms with Crippen molar-refractivity contribution in [2.75, 3.05) is 5.75 Å². The van der Waals surface area contributed by atoms with Crippen LogP contribution in [0.2, 0.25) is 0 Å². The SMILES string of the molecule is CC[C@H](C)NC(=O)NC(=O)CSc1nnc(Cc2cccs2)n1C1CC1. The number of carbonyl (C=O) groups is 2. The van der Waals surface area contributed by atoms with Crippen LogP contribution in [-0.2, 0) is 11.2 Å². The molecule has 2 heterocycles. The second kappa shape index (κ2) is 8.68. The van der Waals surface area contributed by atoms with E-state index in [1.54, 1.807) is 11.3 Å². The molecule has 3 amide bonds. The molecule has 0 aromatic carbocycles. The third-order valence-corrected chi connectivity index (χ3v) is 5.95. The van der Waals surface area contributed by atoms with E-state index in [9.17, 15) is 9.59 Å². The Bertz CT molecular complexity index is 755. The maximum Gasteiger partial charge on any atom is 0.321 e. The molecule has 1 fully saturated rings. The first-order valence-corrected chi connectivity index (χ1v) is 10.6. The molecule has 9 heteroatoms. The lowest BCUT2D eigenvalue weighted by molar-refractivity contribution is -0.117. The second-order valence-corrected chi connectivity index (χ2v) is 8.35. The van der Waals surface area contributed by atoms with Crippen LogP contribution in [-0.4, -0.2) is 38.5 Å². The fourth-order valence-corrected chi connectivity index (χ4v) is 3.98. The molecule has 7 nitrogen and oxygen atoms in total. The monoisotopic (exact) mass is 393 g/mol. The molecule has 1 atom stereocenters. The standard InChI is InChI=1S/C17H23N5O2S2/c1-3-11(2)18-16(24)19-15(23)10-26-17-21-20-14(22(17)12-6-7-12)9-13-5-4-8-25-13/h4-5,8,11-12H,3,6-7,9-10H2,1-2H3,(H2,18,19,23,24)/t11-/m0/s1. The minimum Gasteiger partial charge on any atom is -0.335 e. The summed E-state index contributed by atoms with van der Waals surface area (Å²) in [5, 5.41) is 16.5. The number of imide groups is 1. The van der Waals surface area contributed by atoms with E-state index in [-0.39, 0.29) is 17.7 Å². The lowest BCUT2D eigenvalue weighted by Gasteiger charge is -2.12. The molecule has 1 aliphatic rings. The van der Waals surface area contributed by atoms with Crippen molar-refractivity contribution in [3.05, 3.63) is 28.2 Å².